The van der Waals surface area contributed by atoms with Gasteiger partial charge >= 0.3 is 0 Å². The van der Waals surface area contributed by atoms with Crippen LogP contribution in [0.25, 0.3) is 16.7 Å². The highest BCUT2D eigenvalue weighted by atomic mass is 35.5. The van der Waals surface area contributed by atoms with Gasteiger partial charge in [0, 0.05) is 10.7 Å². The van der Waals surface area contributed by atoms with Crippen LogP contribution in [0.3, 0.4) is 0 Å². The third kappa shape index (κ3) is 2.68. The Kier molecular flexibility index (Phi) is 3.59. The minimum absolute atomic E-state index is 0.317. The average molecular weight is 340 g/mol. The predicted molar refractivity (Wildman–Crippen MR) is 91.4 cm³/mol. The molecule has 4 rings (SSSR count). The summed E-state index contributed by atoms with van der Waals surface area (Å²) in [5, 5.41) is 8.85. The van der Waals surface area contributed by atoms with Crippen molar-refractivity contribution in [3.05, 3.63) is 71.9 Å². The summed E-state index contributed by atoms with van der Waals surface area (Å²) in [6, 6.07) is 13.5. The van der Waals surface area contributed by atoms with Crippen molar-refractivity contribution < 1.29 is 4.39 Å². The first kappa shape index (κ1) is 14.6. The Labute approximate surface area is 141 Å². The number of anilines is 2. The summed E-state index contributed by atoms with van der Waals surface area (Å²) in [6.07, 6.45) is 3.11. The largest absolute Gasteiger partial charge is 0.339 e. The summed E-state index contributed by atoms with van der Waals surface area (Å²) in [5.74, 6) is 0.243. The highest BCUT2D eigenvalue weighted by Gasteiger charge is 2.11. The molecule has 0 amide bonds. The van der Waals surface area contributed by atoms with E-state index in [0.717, 1.165) is 11.1 Å². The van der Waals surface area contributed by atoms with E-state index in [9.17, 15) is 4.39 Å². The lowest BCUT2D eigenvalue weighted by Gasteiger charge is -2.07. The van der Waals surface area contributed by atoms with Gasteiger partial charge in [-0.05, 0) is 42.5 Å². The van der Waals surface area contributed by atoms with E-state index in [1.807, 2.05) is 12.1 Å². The summed E-state index contributed by atoms with van der Waals surface area (Å²) in [6.45, 7) is 0. The van der Waals surface area contributed by atoms with E-state index in [0.29, 0.717) is 22.2 Å². The van der Waals surface area contributed by atoms with Crippen molar-refractivity contribution in [2.45, 2.75) is 0 Å². The van der Waals surface area contributed by atoms with Crippen LogP contribution in [-0.4, -0.2) is 19.7 Å². The number of benzene rings is 2. The Morgan fingerprint density at radius 1 is 1.04 bits per heavy atom. The Hall–Kier alpha value is -2.99. The molecular weight excluding hydrogens is 329 g/mol. The topological polar surface area (TPSA) is 55.6 Å². The number of aromatic nitrogens is 4. The SMILES string of the molecule is Fc1cccc(Nc2ncnc3c2cnn3-c2ccc(Cl)cc2)c1. The van der Waals surface area contributed by atoms with Crippen molar-refractivity contribution in [3.63, 3.8) is 0 Å². The molecule has 0 bridgehead atoms. The highest BCUT2D eigenvalue weighted by molar-refractivity contribution is 6.30. The molecule has 0 aliphatic carbocycles. The van der Waals surface area contributed by atoms with Gasteiger partial charge in [-0.2, -0.15) is 5.10 Å². The zero-order valence-corrected chi connectivity index (χ0v) is 13.1. The lowest BCUT2D eigenvalue weighted by molar-refractivity contribution is 0.628. The molecule has 24 heavy (non-hydrogen) atoms. The van der Waals surface area contributed by atoms with Gasteiger partial charge < -0.3 is 5.32 Å². The fourth-order valence-electron chi connectivity index (χ4n) is 2.42. The lowest BCUT2D eigenvalue weighted by atomic mass is 10.3. The minimum Gasteiger partial charge on any atom is -0.339 e. The van der Waals surface area contributed by atoms with Crippen LogP contribution in [0.1, 0.15) is 0 Å². The fraction of sp³-hybridized carbons (Fsp3) is 0. The van der Waals surface area contributed by atoms with Crippen molar-refractivity contribution in [1.82, 2.24) is 19.7 Å². The first-order chi connectivity index (χ1) is 11.7. The maximum absolute atomic E-state index is 13.3. The molecule has 0 fully saturated rings. The van der Waals surface area contributed by atoms with E-state index < -0.39 is 0 Å². The van der Waals surface area contributed by atoms with Crippen LogP contribution < -0.4 is 5.32 Å². The second-order valence-electron chi connectivity index (χ2n) is 5.13. The highest BCUT2D eigenvalue weighted by Crippen LogP contribution is 2.25. The molecule has 5 nitrogen and oxygen atoms in total. The third-order valence-corrected chi connectivity index (χ3v) is 3.78. The van der Waals surface area contributed by atoms with Crippen LogP contribution in [0.15, 0.2) is 61.1 Å². The van der Waals surface area contributed by atoms with Crippen LogP contribution in [0.4, 0.5) is 15.9 Å². The Balaban J connectivity index is 1.77. The van der Waals surface area contributed by atoms with E-state index >= 15 is 0 Å². The Morgan fingerprint density at radius 3 is 2.67 bits per heavy atom. The standard InChI is InChI=1S/C17H11ClFN5/c18-11-4-6-14(7-5-11)24-17-15(9-22-24)16(20-10-21-17)23-13-3-1-2-12(19)8-13/h1-10H,(H,20,21,23). The zero-order valence-electron chi connectivity index (χ0n) is 12.3. The molecule has 1 N–H and O–H groups in total. The van der Waals surface area contributed by atoms with Gasteiger partial charge in [-0.3, -0.25) is 0 Å². The number of fused-ring (bicyclic) bond motifs is 1. The molecule has 0 atom stereocenters. The van der Waals surface area contributed by atoms with Gasteiger partial charge in [0.2, 0.25) is 0 Å². The second kappa shape index (κ2) is 5.90. The van der Waals surface area contributed by atoms with Gasteiger partial charge in [-0.15, -0.1) is 0 Å². The Bertz CT molecular complexity index is 1010. The van der Waals surface area contributed by atoms with Crippen LogP contribution in [0.5, 0.6) is 0 Å². The number of nitrogens with one attached hydrogen (secondary N) is 1. The van der Waals surface area contributed by atoms with Gasteiger partial charge in [-0.1, -0.05) is 17.7 Å². The van der Waals surface area contributed by atoms with Gasteiger partial charge in [0.25, 0.3) is 0 Å². The quantitative estimate of drug-likeness (QED) is 0.603. The molecular formula is C17H11ClFN5. The molecule has 0 radical (unpaired) electrons. The number of hydrogen-bond donors (Lipinski definition) is 1. The molecule has 2 heterocycles. The first-order valence-electron chi connectivity index (χ1n) is 7.18. The van der Waals surface area contributed by atoms with Gasteiger partial charge in [0.15, 0.2) is 5.65 Å². The van der Waals surface area contributed by atoms with E-state index in [1.165, 1.54) is 18.5 Å². The Morgan fingerprint density at radius 2 is 1.88 bits per heavy atom. The lowest BCUT2D eigenvalue weighted by Crippen LogP contribution is -1.99. The number of nitrogens with zero attached hydrogens (tertiary/aromatic N) is 4. The van der Waals surface area contributed by atoms with Crippen LogP contribution in [0.2, 0.25) is 5.02 Å². The number of rotatable bonds is 3. The minimum atomic E-state index is -0.317. The molecule has 0 saturated heterocycles. The average Bonchev–Trinajstić information content (AvgIpc) is 3.01. The molecule has 118 valence electrons. The molecule has 4 aromatic rings. The molecule has 0 aliphatic heterocycles. The van der Waals surface area contributed by atoms with E-state index in [4.69, 9.17) is 11.6 Å². The molecule has 7 heteroatoms. The van der Waals surface area contributed by atoms with Gasteiger partial charge in [0.05, 0.1) is 17.3 Å². The van der Waals surface area contributed by atoms with Crippen molar-refractivity contribution >= 4 is 34.1 Å². The van der Waals surface area contributed by atoms with Crippen LogP contribution in [-0.2, 0) is 0 Å². The van der Waals surface area contributed by atoms with E-state index in [-0.39, 0.29) is 5.82 Å². The van der Waals surface area contributed by atoms with Crippen molar-refractivity contribution in [2.75, 3.05) is 5.32 Å². The van der Waals surface area contributed by atoms with Crippen LogP contribution in [0, 0.1) is 5.82 Å². The first-order valence-corrected chi connectivity index (χ1v) is 7.56. The zero-order chi connectivity index (χ0) is 16.5. The molecule has 2 aromatic carbocycles. The smallest absolute Gasteiger partial charge is 0.168 e. The van der Waals surface area contributed by atoms with E-state index in [1.54, 1.807) is 35.1 Å². The molecule has 0 unspecified atom stereocenters. The number of hydrogen-bond acceptors (Lipinski definition) is 4. The maximum atomic E-state index is 13.3. The summed E-state index contributed by atoms with van der Waals surface area (Å²) in [5.41, 5.74) is 2.09. The molecule has 0 aliphatic rings. The van der Waals surface area contributed by atoms with Crippen molar-refractivity contribution in [1.29, 1.82) is 0 Å². The van der Waals surface area contributed by atoms with Gasteiger partial charge in [0.1, 0.15) is 18.0 Å². The summed E-state index contributed by atoms with van der Waals surface area (Å²) in [4.78, 5) is 8.54. The van der Waals surface area contributed by atoms with E-state index in [2.05, 4.69) is 20.4 Å². The molecule has 2 aromatic heterocycles. The van der Waals surface area contributed by atoms with Crippen molar-refractivity contribution in [3.8, 4) is 5.69 Å². The monoisotopic (exact) mass is 339 g/mol. The maximum Gasteiger partial charge on any atom is 0.168 e. The summed E-state index contributed by atoms with van der Waals surface area (Å²) >= 11 is 5.92. The van der Waals surface area contributed by atoms with Crippen LogP contribution >= 0.6 is 11.6 Å². The second-order valence-corrected chi connectivity index (χ2v) is 5.56. The fourth-order valence-corrected chi connectivity index (χ4v) is 2.54. The molecule has 0 spiro atoms. The molecule has 0 saturated carbocycles. The third-order valence-electron chi connectivity index (χ3n) is 3.52. The predicted octanol–water partition coefficient (Wildman–Crippen LogP) is 4.35. The van der Waals surface area contributed by atoms with Gasteiger partial charge in [-0.25, -0.2) is 19.0 Å². The normalized spacial score (nSPS) is 10.9. The number of halogens is 2. The summed E-state index contributed by atoms with van der Waals surface area (Å²) < 4.78 is 15.0. The summed E-state index contributed by atoms with van der Waals surface area (Å²) in [7, 11) is 0. The van der Waals surface area contributed by atoms with Crippen molar-refractivity contribution in [2.24, 2.45) is 0 Å².